The van der Waals surface area contributed by atoms with E-state index in [0.29, 0.717) is 12.8 Å². The zero-order chi connectivity index (χ0) is 20.6. The second kappa shape index (κ2) is 7.50. The number of urea groups is 1. The molecule has 1 aliphatic heterocycles. The van der Waals surface area contributed by atoms with Crippen LogP contribution in [0.15, 0.2) is 42.5 Å². The van der Waals surface area contributed by atoms with Crippen molar-refractivity contribution < 1.29 is 14.4 Å². The average Bonchev–Trinajstić information content (AvgIpc) is 2.90. The van der Waals surface area contributed by atoms with Crippen molar-refractivity contribution in [1.82, 2.24) is 15.1 Å². The van der Waals surface area contributed by atoms with Crippen LogP contribution in [-0.4, -0.2) is 46.8 Å². The van der Waals surface area contributed by atoms with E-state index in [1.165, 1.54) is 0 Å². The molecule has 2 aromatic carbocycles. The lowest BCUT2D eigenvalue weighted by Gasteiger charge is -2.35. The molecule has 6 heteroatoms. The van der Waals surface area contributed by atoms with E-state index in [9.17, 15) is 14.4 Å². The van der Waals surface area contributed by atoms with Crippen LogP contribution >= 0.6 is 0 Å². The second-order valence-electron chi connectivity index (χ2n) is 8.22. The van der Waals surface area contributed by atoms with Crippen molar-refractivity contribution >= 4 is 28.6 Å². The number of imide groups is 1. The van der Waals surface area contributed by atoms with Gasteiger partial charge < -0.3 is 10.2 Å². The summed E-state index contributed by atoms with van der Waals surface area (Å²) < 4.78 is 0. The largest absolute Gasteiger partial charge is 0.348 e. The van der Waals surface area contributed by atoms with Crippen LogP contribution in [0.3, 0.4) is 0 Å². The molecule has 2 aliphatic rings. The van der Waals surface area contributed by atoms with Crippen LogP contribution in [0.25, 0.3) is 10.8 Å². The van der Waals surface area contributed by atoms with Gasteiger partial charge in [-0.2, -0.15) is 0 Å². The SMILES string of the molecule is C[C@@H](NC(=O)CN1C(=O)N(C)C2(CCCCC2)C1=O)c1ccc2ccccc2c1. The minimum absolute atomic E-state index is 0.221. The summed E-state index contributed by atoms with van der Waals surface area (Å²) in [6.07, 6.45) is 4.31. The number of hydrogen-bond acceptors (Lipinski definition) is 3. The van der Waals surface area contributed by atoms with E-state index in [-0.39, 0.29) is 30.4 Å². The van der Waals surface area contributed by atoms with Gasteiger partial charge in [0.25, 0.3) is 5.91 Å². The number of carbonyl (C=O) groups excluding carboxylic acids is 3. The zero-order valence-electron chi connectivity index (χ0n) is 17.0. The van der Waals surface area contributed by atoms with Crippen molar-refractivity contribution in [3.8, 4) is 0 Å². The number of rotatable bonds is 4. The minimum Gasteiger partial charge on any atom is -0.348 e. The van der Waals surface area contributed by atoms with Gasteiger partial charge in [0.15, 0.2) is 0 Å². The van der Waals surface area contributed by atoms with Gasteiger partial charge in [-0.1, -0.05) is 55.7 Å². The Bertz CT molecular complexity index is 965. The Morgan fingerprint density at radius 1 is 1.07 bits per heavy atom. The smallest absolute Gasteiger partial charge is 0.327 e. The molecule has 0 radical (unpaired) electrons. The van der Waals surface area contributed by atoms with Gasteiger partial charge >= 0.3 is 6.03 Å². The van der Waals surface area contributed by atoms with Gasteiger partial charge in [-0.25, -0.2) is 4.79 Å². The minimum atomic E-state index is -0.750. The lowest BCUT2D eigenvalue weighted by atomic mass is 9.81. The first-order valence-electron chi connectivity index (χ1n) is 10.3. The summed E-state index contributed by atoms with van der Waals surface area (Å²) in [6.45, 7) is 1.67. The summed E-state index contributed by atoms with van der Waals surface area (Å²) in [5, 5.41) is 5.18. The number of nitrogens with zero attached hydrogens (tertiary/aromatic N) is 2. The molecule has 0 aromatic heterocycles. The molecule has 2 aromatic rings. The Balaban J connectivity index is 1.44. The lowest BCUT2D eigenvalue weighted by Crippen LogP contribution is -2.49. The van der Waals surface area contributed by atoms with E-state index in [1.54, 1.807) is 11.9 Å². The molecule has 4 rings (SSSR count). The van der Waals surface area contributed by atoms with Gasteiger partial charge in [-0.15, -0.1) is 0 Å². The van der Waals surface area contributed by atoms with Gasteiger partial charge in [-0.3, -0.25) is 14.5 Å². The van der Waals surface area contributed by atoms with Crippen LogP contribution < -0.4 is 5.32 Å². The molecule has 4 amide bonds. The molecule has 1 atom stereocenters. The third-order valence-corrected chi connectivity index (χ3v) is 6.44. The number of benzene rings is 2. The standard InChI is InChI=1S/C23H27N3O3/c1-16(18-11-10-17-8-4-5-9-19(17)14-18)24-20(27)15-26-21(28)23(25(2)22(26)29)12-6-3-7-13-23/h4-5,8-11,14,16H,3,6-7,12-13,15H2,1-2H3,(H,24,27)/t16-/m1/s1. The first-order chi connectivity index (χ1) is 13.9. The van der Waals surface area contributed by atoms with Crippen molar-refractivity contribution in [3.63, 3.8) is 0 Å². The van der Waals surface area contributed by atoms with Gasteiger partial charge in [0, 0.05) is 7.05 Å². The molecule has 152 valence electrons. The second-order valence-corrected chi connectivity index (χ2v) is 8.22. The predicted molar refractivity (Wildman–Crippen MR) is 111 cm³/mol. The molecule has 2 fully saturated rings. The number of hydrogen-bond donors (Lipinski definition) is 1. The fourth-order valence-corrected chi connectivity index (χ4v) is 4.66. The van der Waals surface area contributed by atoms with Crippen LogP contribution in [0.1, 0.15) is 50.6 Å². The van der Waals surface area contributed by atoms with Gasteiger partial charge in [0.2, 0.25) is 5.91 Å². The average molecular weight is 393 g/mol. The van der Waals surface area contributed by atoms with Crippen LogP contribution in [0.4, 0.5) is 4.79 Å². The van der Waals surface area contributed by atoms with Gasteiger partial charge in [-0.05, 0) is 42.2 Å². The lowest BCUT2D eigenvalue weighted by molar-refractivity contribution is -0.137. The molecular formula is C23H27N3O3. The highest BCUT2D eigenvalue weighted by Gasteiger charge is 2.55. The Hall–Kier alpha value is -2.89. The quantitative estimate of drug-likeness (QED) is 0.807. The number of carbonyl (C=O) groups is 3. The highest BCUT2D eigenvalue weighted by atomic mass is 16.2. The summed E-state index contributed by atoms with van der Waals surface area (Å²) in [5.41, 5.74) is 0.233. The molecule has 0 bridgehead atoms. The normalized spacial score (nSPS) is 19.8. The summed E-state index contributed by atoms with van der Waals surface area (Å²) in [7, 11) is 1.68. The fraction of sp³-hybridized carbons (Fsp3) is 0.435. The maximum atomic E-state index is 13.0. The van der Waals surface area contributed by atoms with Crippen LogP contribution in [0, 0.1) is 0 Å². The Kier molecular flexibility index (Phi) is 5.03. The molecular weight excluding hydrogens is 366 g/mol. The van der Waals surface area contributed by atoms with Gasteiger partial charge in [0.05, 0.1) is 6.04 Å². The fourth-order valence-electron chi connectivity index (χ4n) is 4.66. The van der Waals surface area contributed by atoms with Crippen molar-refractivity contribution in [2.24, 2.45) is 0 Å². The molecule has 1 aliphatic carbocycles. The highest BCUT2D eigenvalue weighted by molar-refractivity contribution is 6.09. The molecule has 1 heterocycles. The number of likely N-dealkylation sites (N-methyl/N-ethyl adjacent to an activating group) is 1. The molecule has 1 saturated heterocycles. The summed E-state index contributed by atoms with van der Waals surface area (Å²) >= 11 is 0. The predicted octanol–water partition coefficient (Wildman–Crippen LogP) is 3.61. The summed E-state index contributed by atoms with van der Waals surface area (Å²) in [5.74, 6) is -0.549. The van der Waals surface area contributed by atoms with Crippen LogP contribution in [-0.2, 0) is 9.59 Å². The van der Waals surface area contributed by atoms with E-state index in [1.807, 2.05) is 43.3 Å². The molecule has 1 spiro atoms. The van der Waals surface area contributed by atoms with Crippen molar-refractivity contribution in [2.45, 2.75) is 50.6 Å². The highest BCUT2D eigenvalue weighted by Crippen LogP contribution is 2.39. The molecule has 29 heavy (non-hydrogen) atoms. The van der Waals surface area contributed by atoms with Crippen molar-refractivity contribution in [1.29, 1.82) is 0 Å². The molecule has 1 N–H and O–H groups in total. The summed E-state index contributed by atoms with van der Waals surface area (Å²) in [4.78, 5) is 41.0. The van der Waals surface area contributed by atoms with E-state index in [2.05, 4.69) is 11.4 Å². The molecule has 1 saturated carbocycles. The Morgan fingerprint density at radius 3 is 2.48 bits per heavy atom. The van der Waals surface area contributed by atoms with E-state index >= 15 is 0 Å². The number of fused-ring (bicyclic) bond motifs is 1. The first kappa shape index (κ1) is 19.4. The van der Waals surface area contributed by atoms with Gasteiger partial charge in [0.1, 0.15) is 12.1 Å². The van der Waals surface area contributed by atoms with E-state index in [4.69, 9.17) is 0 Å². The number of nitrogens with one attached hydrogen (secondary N) is 1. The topological polar surface area (TPSA) is 69.7 Å². The van der Waals surface area contributed by atoms with E-state index < -0.39 is 5.54 Å². The van der Waals surface area contributed by atoms with Crippen molar-refractivity contribution in [3.05, 3.63) is 48.0 Å². The molecule has 6 nitrogen and oxygen atoms in total. The first-order valence-corrected chi connectivity index (χ1v) is 10.3. The van der Waals surface area contributed by atoms with Crippen LogP contribution in [0.5, 0.6) is 0 Å². The Labute approximate surface area is 170 Å². The molecule has 0 unspecified atom stereocenters. The summed E-state index contributed by atoms with van der Waals surface area (Å²) in [6, 6.07) is 13.5. The zero-order valence-corrected chi connectivity index (χ0v) is 17.0. The maximum absolute atomic E-state index is 13.0. The van der Waals surface area contributed by atoms with Crippen molar-refractivity contribution in [2.75, 3.05) is 13.6 Å². The maximum Gasteiger partial charge on any atom is 0.327 e. The number of amides is 4. The Morgan fingerprint density at radius 2 is 1.76 bits per heavy atom. The third kappa shape index (κ3) is 3.37. The van der Waals surface area contributed by atoms with Crippen LogP contribution in [0.2, 0.25) is 0 Å². The third-order valence-electron chi connectivity index (χ3n) is 6.44. The van der Waals surface area contributed by atoms with E-state index in [0.717, 1.165) is 40.5 Å². The monoisotopic (exact) mass is 393 g/mol.